The fraction of sp³-hybridized carbons (Fsp3) is 0.133. The number of rotatable bonds is 4. The Labute approximate surface area is 115 Å². The highest BCUT2D eigenvalue weighted by Gasteiger charge is 2.08. The molecule has 0 aliphatic heterocycles. The van der Waals surface area contributed by atoms with Crippen molar-refractivity contribution < 1.29 is 9.21 Å². The fourth-order valence-corrected chi connectivity index (χ4v) is 2.04. The second-order valence-corrected chi connectivity index (χ2v) is 4.35. The number of para-hydroxylation sites is 1. The van der Waals surface area contributed by atoms with Crippen LogP contribution in [0.25, 0.3) is 11.0 Å². The molecule has 0 aliphatic carbocycles. The van der Waals surface area contributed by atoms with E-state index in [1.54, 1.807) is 6.26 Å². The molecule has 0 atom stereocenters. The van der Waals surface area contributed by atoms with Gasteiger partial charge in [0.2, 0.25) is 0 Å². The molecule has 5 nitrogen and oxygen atoms in total. The Morgan fingerprint density at radius 2 is 2.15 bits per heavy atom. The van der Waals surface area contributed by atoms with Crippen LogP contribution in [0.5, 0.6) is 0 Å². The number of aromatic nitrogens is 2. The molecule has 0 fully saturated rings. The summed E-state index contributed by atoms with van der Waals surface area (Å²) >= 11 is 0. The zero-order valence-corrected chi connectivity index (χ0v) is 10.7. The number of amides is 1. The predicted octanol–water partition coefficient (Wildman–Crippen LogP) is 2.20. The van der Waals surface area contributed by atoms with Crippen LogP contribution in [0.2, 0.25) is 0 Å². The summed E-state index contributed by atoms with van der Waals surface area (Å²) < 4.78 is 5.46. The lowest BCUT2D eigenvalue weighted by atomic mass is 10.1. The van der Waals surface area contributed by atoms with E-state index in [1.165, 1.54) is 18.6 Å². The van der Waals surface area contributed by atoms with Gasteiger partial charge < -0.3 is 9.73 Å². The first-order chi connectivity index (χ1) is 9.84. The van der Waals surface area contributed by atoms with E-state index in [-0.39, 0.29) is 5.91 Å². The lowest BCUT2D eigenvalue weighted by Gasteiger charge is -2.03. The SMILES string of the molecule is O=C(NCCc1coc2ccccc12)c1cnccn1. The first-order valence-corrected chi connectivity index (χ1v) is 6.34. The van der Waals surface area contributed by atoms with Crippen molar-refractivity contribution in [2.45, 2.75) is 6.42 Å². The topological polar surface area (TPSA) is 68.0 Å². The van der Waals surface area contributed by atoms with Crippen molar-refractivity contribution in [3.8, 4) is 0 Å². The van der Waals surface area contributed by atoms with Crippen LogP contribution < -0.4 is 5.32 Å². The van der Waals surface area contributed by atoms with Crippen LogP contribution >= 0.6 is 0 Å². The van der Waals surface area contributed by atoms with Crippen LogP contribution in [0.15, 0.2) is 53.5 Å². The molecular formula is C15H13N3O2. The van der Waals surface area contributed by atoms with Crippen LogP contribution in [0.3, 0.4) is 0 Å². The molecule has 5 heteroatoms. The molecule has 2 heterocycles. The van der Waals surface area contributed by atoms with Gasteiger partial charge in [-0.3, -0.25) is 9.78 Å². The minimum atomic E-state index is -0.217. The lowest BCUT2D eigenvalue weighted by Crippen LogP contribution is -2.26. The van der Waals surface area contributed by atoms with E-state index >= 15 is 0 Å². The number of carbonyl (C=O) groups is 1. The van der Waals surface area contributed by atoms with Crippen molar-refractivity contribution in [1.29, 1.82) is 0 Å². The van der Waals surface area contributed by atoms with Crippen molar-refractivity contribution in [2.24, 2.45) is 0 Å². The normalized spacial score (nSPS) is 10.6. The molecule has 20 heavy (non-hydrogen) atoms. The zero-order valence-electron chi connectivity index (χ0n) is 10.7. The molecule has 0 saturated carbocycles. The quantitative estimate of drug-likeness (QED) is 0.786. The molecule has 0 saturated heterocycles. The van der Waals surface area contributed by atoms with Crippen molar-refractivity contribution in [1.82, 2.24) is 15.3 Å². The number of hydrogen-bond acceptors (Lipinski definition) is 4. The molecule has 2 aromatic heterocycles. The third kappa shape index (κ3) is 2.51. The van der Waals surface area contributed by atoms with E-state index in [1.807, 2.05) is 24.3 Å². The molecule has 0 unspecified atom stereocenters. The van der Waals surface area contributed by atoms with Gasteiger partial charge in [0, 0.05) is 24.3 Å². The molecule has 3 rings (SSSR count). The summed E-state index contributed by atoms with van der Waals surface area (Å²) in [4.78, 5) is 19.6. The molecule has 1 aromatic carbocycles. The van der Waals surface area contributed by atoms with Crippen molar-refractivity contribution in [3.05, 3.63) is 60.4 Å². The van der Waals surface area contributed by atoms with E-state index < -0.39 is 0 Å². The summed E-state index contributed by atoms with van der Waals surface area (Å²) in [5, 5.41) is 3.90. The average Bonchev–Trinajstić information content (AvgIpc) is 2.92. The van der Waals surface area contributed by atoms with E-state index in [4.69, 9.17) is 4.42 Å². The van der Waals surface area contributed by atoms with Gasteiger partial charge in [-0.05, 0) is 18.1 Å². The number of nitrogens with one attached hydrogen (secondary N) is 1. The summed E-state index contributed by atoms with van der Waals surface area (Å²) in [7, 11) is 0. The molecule has 1 N–H and O–H groups in total. The smallest absolute Gasteiger partial charge is 0.271 e. The first kappa shape index (κ1) is 12.3. The van der Waals surface area contributed by atoms with Gasteiger partial charge in [-0.25, -0.2) is 4.98 Å². The standard InChI is InChI=1S/C15H13N3O2/c19-15(13-9-16-7-8-17-13)18-6-5-11-10-20-14-4-2-1-3-12(11)14/h1-4,7-10H,5-6H2,(H,18,19). The Hall–Kier alpha value is -2.69. The molecule has 3 aromatic rings. The Morgan fingerprint density at radius 1 is 1.25 bits per heavy atom. The number of carbonyl (C=O) groups excluding carboxylic acids is 1. The van der Waals surface area contributed by atoms with E-state index in [9.17, 15) is 4.79 Å². The molecule has 0 radical (unpaired) electrons. The van der Waals surface area contributed by atoms with E-state index in [0.717, 1.165) is 16.5 Å². The Balaban J connectivity index is 1.62. The minimum Gasteiger partial charge on any atom is -0.464 e. The number of fused-ring (bicyclic) bond motifs is 1. The Bertz CT molecular complexity index is 722. The third-order valence-electron chi connectivity index (χ3n) is 3.04. The molecular weight excluding hydrogens is 254 g/mol. The van der Waals surface area contributed by atoms with Crippen molar-refractivity contribution >= 4 is 16.9 Å². The maximum absolute atomic E-state index is 11.8. The largest absolute Gasteiger partial charge is 0.464 e. The number of nitrogens with zero attached hydrogens (tertiary/aromatic N) is 2. The van der Waals surface area contributed by atoms with Gasteiger partial charge in [0.25, 0.3) is 5.91 Å². The predicted molar refractivity (Wildman–Crippen MR) is 74.3 cm³/mol. The summed E-state index contributed by atoms with van der Waals surface area (Å²) in [6.45, 7) is 0.527. The Morgan fingerprint density at radius 3 is 3.00 bits per heavy atom. The second kappa shape index (κ2) is 5.52. The van der Waals surface area contributed by atoms with Crippen LogP contribution in [-0.4, -0.2) is 22.4 Å². The third-order valence-corrected chi connectivity index (χ3v) is 3.04. The average molecular weight is 267 g/mol. The van der Waals surface area contributed by atoms with Gasteiger partial charge in [0.05, 0.1) is 12.5 Å². The highest BCUT2D eigenvalue weighted by atomic mass is 16.3. The van der Waals surface area contributed by atoms with Gasteiger partial charge in [-0.15, -0.1) is 0 Å². The summed E-state index contributed by atoms with van der Waals surface area (Å²) in [6, 6.07) is 7.85. The highest BCUT2D eigenvalue weighted by molar-refractivity contribution is 5.91. The van der Waals surface area contributed by atoms with Crippen LogP contribution in [-0.2, 0) is 6.42 Å². The molecule has 0 aliphatic rings. The summed E-state index contributed by atoms with van der Waals surface area (Å²) in [5.74, 6) is -0.217. The van der Waals surface area contributed by atoms with Gasteiger partial charge in [0.15, 0.2) is 0 Å². The maximum Gasteiger partial charge on any atom is 0.271 e. The number of furan rings is 1. The maximum atomic E-state index is 11.8. The van der Waals surface area contributed by atoms with Gasteiger partial charge >= 0.3 is 0 Å². The zero-order chi connectivity index (χ0) is 13.8. The van der Waals surface area contributed by atoms with Crippen LogP contribution in [0.4, 0.5) is 0 Å². The van der Waals surface area contributed by atoms with Crippen LogP contribution in [0.1, 0.15) is 16.1 Å². The van der Waals surface area contributed by atoms with Crippen LogP contribution in [0, 0.1) is 0 Å². The second-order valence-electron chi connectivity index (χ2n) is 4.35. The fourth-order valence-electron chi connectivity index (χ4n) is 2.04. The number of hydrogen-bond donors (Lipinski definition) is 1. The molecule has 1 amide bonds. The van der Waals surface area contributed by atoms with Crippen molar-refractivity contribution in [3.63, 3.8) is 0 Å². The Kier molecular flexibility index (Phi) is 3.41. The van der Waals surface area contributed by atoms with Gasteiger partial charge in [-0.1, -0.05) is 18.2 Å². The monoisotopic (exact) mass is 267 g/mol. The molecule has 100 valence electrons. The van der Waals surface area contributed by atoms with Gasteiger partial charge in [0.1, 0.15) is 11.3 Å². The molecule has 0 spiro atoms. The summed E-state index contributed by atoms with van der Waals surface area (Å²) in [5.41, 5.74) is 2.27. The summed E-state index contributed by atoms with van der Waals surface area (Å²) in [6.07, 6.45) is 6.93. The van der Waals surface area contributed by atoms with E-state index in [2.05, 4.69) is 15.3 Å². The van der Waals surface area contributed by atoms with Gasteiger partial charge in [-0.2, -0.15) is 0 Å². The number of benzene rings is 1. The highest BCUT2D eigenvalue weighted by Crippen LogP contribution is 2.20. The molecule has 0 bridgehead atoms. The minimum absolute atomic E-state index is 0.217. The first-order valence-electron chi connectivity index (χ1n) is 6.34. The van der Waals surface area contributed by atoms with Crippen molar-refractivity contribution in [2.75, 3.05) is 6.54 Å². The van der Waals surface area contributed by atoms with E-state index in [0.29, 0.717) is 18.7 Å². The lowest BCUT2D eigenvalue weighted by molar-refractivity contribution is 0.0948.